The van der Waals surface area contributed by atoms with Crippen molar-refractivity contribution in [2.24, 2.45) is 0 Å². The number of hydrogen-bond acceptors (Lipinski definition) is 6. The molecule has 0 N–H and O–H groups in total. The lowest BCUT2D eigenvalue weighted by atomic mass is 10.0. The summed E-state index contributed by atoms with van der Waals surface area (Å²) in [5.41, 5.74) is 0. The first-order valence-electron chi connectivity index (χ1n) is 33.9. The Balaban J connectivity index is 4.05. The molecule has 0 aliphatic rings. The van der Waals surface area contributed by atoms with Gasteiger partial charge in [-0.3, -0.25) is 14.4 Å². The second-order valence-corrected chi connectivity index (χ2v) is 22.7. The summed E-state index contributed by atoms with van der Waals surface area (Å²) >= 11 is 0. The van der Waals surface area contributed by atoms with Crippen LogP contribution in [0.25, 0.3) is 0 Å². The Bertz CT molecular complexity index is 1440. The molecule has 6 heteroatoms. The predicted octanol–water partition coefficient (Wildman–Crippen LogP) is 23.3. The van der Waals surface area contributed by atoms with Crippen LogP contribution < -0.4 is 0 Å². The second kappa shape index (κ2) is 66.4. The van der Waals surface area contributed by atoms with E-state index in [-0.39, 0.29) is 31.1 Å². The van der Waals surface area contributed by atoms with Crippen LogP contribution in [0.2, 0.25) is 0 Å². The van der Waals surface area contributed by atoms with E-state index >= 15 is 0 Å². The Hall–Kier alpha value is -3.15. The van der Waals surface area contributed by atoms with E-state index in [9.17, 15) is 14.4 Å². The Morgan fingerprint density at radius 1 is 0.269 bits per heavy atom. The van der Waals surface area contributed by atoms with Crippen LogP contribution in [0, 0.1) is 0 Å². The summed E-state index contributed by atoms with van der Waals surface area (Å²) in [5.74, 6) is -0.887. The molecule has 0 bridgehead atoms. The number of hydrogen-bond donors (Lipinski definition) is 0. The van der Waals surface area contributed by atoms with Gasteiger partial charge in [0.05, 0.1) is 0 Å². The summed E-state index contributed by atoms with van der Waals surface area (Å²) < 4.78 is 16.8. The van der Waals surface area contributed by atoms with E-state index in [0.29, 0.717) is 19.3 Å². The van der Waals surface area contributed by atoms with Crippen LogP contribution in [0.4, 0.5) is 0 Å². The summed E-state index contributed by atoms with van der Waals surface area (Å²) in [6, 6.07) is 0. The van der Waals surface area contributed by atoms with E-state index in [4.69, 9.17) is 14.2 Å². The monoisotopic (exact) mass is 1090 g/mol. The summed E-state index contributed by atoms with van der Waals surface area (Å²) in [6.07, 6.45) is 86.8. The Labute approximate surface area is 484 Å². The van der Waals surface area contributed by atoms with Gasteiger partial charge in [0, 0.05) is 19.3 Å². The van der Waals surface area contributed by atoms with Crippen LogP contribution in [0.5, 0.6) is 0 Å². The maximum atomic E-state index is 12.9. The van der Waals surface area contributed by atoms with E-state index < -0.39 is 6.10 Å². The van der Waals surface area contributed by atoms with Gasteiger partial charge in [-0.1, -0.05) is 331 Å². The van der Waals surface area contributed by atoms with E-state index in [1.807, 2.05) is 0 Å². The maximum Gasteiger partial charge on any atom is 0.306 e. The van der Waals surface area contributed by atoms with Crippen LogP contribution in [-0.4, -0.2) is 37.2 Å². The summed E-state index contributed by atoms with van der Waals surface area (Å²) in [5, 5.41) is 0. The molecule has 0 aromatic carbocycles. The van der Waals surface area contributed by atoms with E-state index in [2.05, 4.69) is 93.7 Å². The van der Waals surface area contributed by atoms with Crippen molar-refractivity contribution < 1.29 is 28.6 Å². The van der Waals surface area contributed by atoms with Gasteiger partial charge in [0.1, 0.15) is 13.2 Å². The zero-order chi connectivity index (χ0) is 56.4. The maximum absolute atomic E-state index is 12.9. The average molecular weight is 1090 g/mol. The molecule has 6 nitrogen and oxygen atoms in total. The van der Waals surface area contributed by atoms with Crippen molar-refractivity contribution in [1.29, 1.82) is 0 Å². The second-order valence-electron chi connectivity index (χ2n) is 22.7. The quantitative estimate of drug-likeness (QED) is 0.0261. The zero-order valence-corrected chi connectivity index (χ0v) is 51.9. The van der Waals surface area contributed by atoms with Gasteiger partial charge >= 0.3 is 17.9 Å². The molecule has 0 radical (unpaired) electrons. The van der Waals surface area contributed by atoms with Gasteiger partial charge < -0.3 is 14.2 Å². The molecule has 0 aromatic rings. The third kappa shape index (κ3) is 63.7. The van der Waals surface area contributed by atoms with Gasteiger partial charge in [-0.05, 0) is 70.6 Å². The van der Waals surface area contributed by atoms with Crippen molar-refractivity contribution in [2.75, 3.05) is 13.2 Å². The summed E-state index contributed by atoms with van der Waals surface area (Å²) in [4.78, 5) is 38.1. The number of carbonyl (C=O) groups excluding carboxylic acids is 3. The molecule has 0 spiro atoms. The third-order valence-electron chi connectivity index (χ3n) is 15.0. The Morgan fingerprint density at radius 2 is 0.500 bits per heavy atom. The predicted molar refractivity (Wildman–Crippen MR) is 339 cm³/mol. The number of rotatable bonds is 62. The van der Waals surface area contributed by atoms with Gasteiger partial charge in [0.2, 0.25) is 0 Å². The highest BCUT2D eigenvalue weighted by Gasteiger charge is 2.19. The van der Waals surface area contributed by atoms with Gasteiger partial charge in [0.15, 0.2) is 6.10 Å². The number of carbonyl (C=O) groups is 3. The van der Waals surface area contributed by atoms with E-state index in [1.54, 1.807) is 0 Å². The minimum atomic E-state index is -0.780. The van der Waals surface area contributed by atoms with Gasteiger partial charge in [-0.25, -0.2) is 0 Å². The highest BCUT2D eigenvalue weighted by molar-refractivity contribution is 5.71. The minimum Gasteiger partial charge on any atom is -0.462 e. The number of ether oxygens (including phenoxy) is 3. The third-order valence-corrected chi connectivity index (χ3v) is 15.0. The molecular weight excluding hydrogens is 961 g/mol. The molecule has 0 aliphatic carbocycles. The fraction of sp³-hybridized carbons (Fsp3) is 0.792. The van der Waals surface area contributed by atoms with Crippen molar-refractivity contribution in [2.45, 2.75) is 354 Å². The van der Waals surface area contributed by atoms with Crippen LogP contribution in [-0.2, 0) is 28.6 Å². The largest absolute Gasteiger partial charge is 0.462 e. The summed E-state index contributed by atoms with van der Waals surface area (Å²) in [6.45, 7) is 6.50. The van der Waals surface area contributed by atoms with Crippen LogP contribution in [0.1, 0.15) is 348 Å². The van der Waals surface area contributed by atoms with E-state index in [1.165, 1.54) is 199 Å². The lowest BCUT2D eigenvalue weighted by molar-refractivity contribution is -0.167. The molecule has 1 unspecified atom stereocenters. The van der Waals surface area contributed by atoms with Crippen LogP contribution in [0.15, 0.2) is 72.9 Å². The van der Waals surface area contributed by atoms with Crippen LogP contribution >= 0.6 is 0 Å². The highest BCUT2D eigenvalue weighted by Crippen LogP contribution is 2.18. The molecule has 0 aliphatic heterocycles. The van der Waals surface area contributed by atoms with Crippen molar-refractivity contribution >= 4 is 17.9 Å². The molecule has 1 atom stereocenters. The zero-order valence-electron chi connectivity index (χ0n) is 51.9. The number of allylic oxidation sites excluding steroid dienone is 12. The molecular formula is C72H128O6. The average Bonchev–Trinajstić information content (AvgIpc) is 3.44. The highest BCUT2D eigenvalue weighted by atomic mass is 16.6. The van der Waals surface area contributed by atoms with Crippen molar-refractivity contribution in [1.82, 2.24) is 0 Å². The fourth-order valence-corrected chi connectivity index (χ4v) is 9.92. The number of unbranched alkanes of at least 4 members (excludes halogenated alkanes) is 39. The Kier molecular flexibility index (Phi) is 63.7. The first-order valence-corrected chi connectivity index (χ1v) is 33.9. The smallest absolute Gasteiger partial charge is 0.306 e. The molecule has 0 heterocycles. The molecule has 0 saturated heterocycles. The molecule has 0 saturated carbocycles. The molecule has 0 rings (SSSR count). The number of esters is 3. The first kappa shape index (κ1) is 74.8. The van der Waals surface area contributed by atoms with Crippen molar-refractivity contribution in [3.8, 4) is 0 Å². The normalized spacial score (nSPS) is 12.5. The van der Waals surface area contributed by atoms with E-state index in [0.717, 1.165) is 109 Å². The fourth-order valence-electron chi connectivity index (χ4n) is 9.92. The molecule has 78 heavy (non-hydrogen) atoms. The van der Waals surface area contributed by atoms with Crippen LogP contribution in [0.3, 0.4) is 0 Å². The Morgan fingerprint density at radius 3 is 0.782 bits per heavy atom. The minimum absolute atomic E-state index is 0.0782. The lowest BCUT2D eigenvalue weighted by Gasteiger charge is -2.18. The topological polar surface area (TPSA) is 78.9 Å². The molecule has 0 aromatic heterocycles. The van der Waals surface area contributed by atoms with Gasteiger partial charge in [-0.2, -0.15) is 0 Å². The molecule has 0 amide bonds. The molecule has 452 valence electrons. The van der Waals surface area contributed by atoms with Crippen molar-refractivity contribution in [3.63, 3.8) is 0 Å². The molecule has 0 fully saturated rings. The van der Waals surface area contributed by atoms with Gasteiger partial charge in [-0.15, -0.1) is 0 Å². The lowest BCUT2D eigenvalue weighted by Crippen LogP contribution is -2.30. The first-order chi connectivity index (χ1) is 38.5. The SMILES string of the molecule is CC/C=C\C/C=C\C/C=C\C/C=C\C/C=C\C/C=C\CCCCCCCCC(=O)OC(COC(=O)CCCCCCCC)COC(=O)CCCCCCCCCCCCCCCCCCCCCCCCCCCCCCC. The standard InChI is InChI=1S/C72H128O6/c1-4-7-10-13-16-18-20-22-24-26-28-30-32-34-35-36-37-39-40-42-44-46-48-50-52-54-56-59-62-65-71(74)77-68-69(67-76-70(73)64-61-58-15-12-9-6-3)78-72(75)66-63-60-57-55-53-51-49-47-45-43-41-38-33-31-29-27-25-23-21-19-17-14-11-8-5-2/h8,11,17,19,23,25,29,31,38,41,45,47,69H,4-7,9-10,12-16,18,20-22,24,26-28,30,32-37,39-40,42-44,46,48-68H2,1-3H3/b11-8-,19-17-,25-23-,31-29-,41-38-,47-45-. The van der Waals surface area contributed by atoms with Gasteiger partial charge in [0.25, 0.3) is 0 Å². The summed E-state index contributed by atoms with van der Waals surface area (Å²) in [7, 11) is 0. The van der Waals surface area contributed by atoms with Crippen molar-refractivity contribution in [3.05, 3.63) is 72.9 Å².